The molecule has 2 aromatic carbocycles. The Hall–Kier alpha value is -1.52. The molecule has 3 rings (SSSR count). The number of para-hydroxylation sites is 2. The van der Waals surface area contributed by atoms with Crippen molar-refractivity contribution in [3.8, 4) is 5.75 Å². The molecule has 0 N–H and O–H groups in total. The van der Waals surface area contributed by atoms with E-state index in [-0.39, 0.29) is 5.91 Å². The van der Waals surface area contributed by atoms with Gasteiger partial charge >= 0.3 is 0 Å². The minimum atomic E-state index is -0.0588. The molecule has 0 spiro atoms. The van der Waals surface area contributed by atoms with Crippen molar-refractivity contribution in [1.82, 2.24) is 0 Å². The first-order chi connectivity index (χ1) is 10.2. The third-order valence-electron chi connectivity index (χ3n) is 3.35. The summed E-state index contributed by atoms with van der Waals surface area (Å²) in [6.45, 7) is 1.24. The molecular weight excluding hydrogens is 354 g/mol. The third kappa shape index (κ3) is 2.92. The van der Waals surface area contributed by atoms with Crippen molar-refractivity contribution in [2.45, 2.75) is 6.42 Å². The van der Waals surface area contributed by atoms with Crippen molar-refractivity contribution in [3.63, 3.8) is 0 Å². The molecule has 1 heterocycles. The average Bonchev–Trinajstić information content (AvgIpc) is 2.69. The van der Waals surface area contributed by atoms with Gasteiger partial charge < -0.3 is 9.64 Å². The number of rotatable bonds is 1. The second-order valence-corrected chi connectivity index (χ2v) is 6.04. The lowest BCUT2D eigenvalue weighted by Crippen LogP contribution is -2.31. The van der Waals surface area contributed by atoms with Crippen LogP contribution in [0.2, 0.25) is 5.02 Å². The fourth-order valence-corrected chi connectivity index (χ4v) is 3.20. The van der Waals surface area contributed by atoms with Crippen molar-refractivity contribution >= 4 is 39.1 Å². The van der Waals surface area contributed by atoms with Crippen LogP contribution in [0.3, 0.4) is 0 Å². The number of anilines is 1. The van der Waals surface area contributed by atoms with Crippen LogP contribution >= 0.6 is 27.5 Å². The summed E-state index contributed by atoms with van der Waals surface area (Å²) < 4.78 is 6.38. The van der Waals surface area contributed by atoms with Crippen LogP contribution in [0.1, 0.15) is 16.8 Å². The van der Waals surface area contributed by atoms with E-state index in [1.165, 1.54) is 0 Å². The van der Waals surface area contributed by atoms with Gasteiger partial charge in [-0.05, 0) is 52.7 Å². The molecule has 21 heavy (non-hydrogen) atoms. The summed E-state index contributed by atoms with van der Waals surface area (Å²) in [7, 11) is 0. The molecule has 0 bridgehead atoms. The largest absolute Gasteiger partial charge is 0.491 e. The van der Waals surface area contributed by atoms with E-state index in [1.54, 1.807) is 23.1 Å². The van der Waals surface area contributed by atoms with Gasteiger partial charge in [0.25, 0.3) is 5.91 Å². The number of amides is 1. The summed E-state index contributed by atoms with van der Waals surface area (Å²) >= 11 is 9.35. The number of fused-ring (bicyclic) bond motifs is 1. The van der Waals surface area contributed by atoms with Crippen molar-refractivity contribution in [1.29, 1.82) is 0 Å². The molecule has 0 saturated heterocycles. The Kier molecular flexibility index (Phi) is 4.17. The van der Waals surface area contributed by atoms with E-state index in [9.17, 15) is 4.79 Å². The van der Waals surface area contributed by atoms with Gasteiger partial charge in [0, 0.05) is 16.0 Å². The normalized spacial score (nSPS) is 14.1. The molecule has 1 aliphatic heterocycles. The van der Waals surface area contributed by atoms with Crippen LogP contribution in [-0.4, -0.2) is 19.1 Å². The molecule has 1 aliphatic rings. The molecule has 2 aromatic rings. The van der Waals surface area contributed by atoms with Crippen LogP contribution in [0.15, 0.2) is 46.9 Å². The zero-order chi connectivity index (χ0) is 14.8. The number of carbonyl (C=O) groups is 1. The topological polar surface area (TPSA) is 29.5 Å². The lowest BCUT2D eigenvalue weighted by Gasteiger charge is -2.22. The van der Waals surface area contributed by atoms with E-state index in [4.69, 9.17) is 16.3 Å². The van der Waals surface area contributed by atoms with Gasteiger partial charge in [0.05, 0.1) is 17.9 Å². The predicted octanol–water partition coefficient (Wildman–Crippen LogP) is 4.53. The monoisotopic (exact) mass is 365 g/mol. The van der Waals surface area contributed by atoms with Crippen LogP contribution in [0, 0.1) is 0 Å². The highest BCUT2D eigenvalue weighted by Gasteiger charge is 2.24. The summed E-state index contributed by atoms with van der Waals surface area (Å²) in [6, 6.07) is 12.8. The quantitative estimate of drug-likeness (QED) is 0.742. The second kappa shape index (κ2) is 6.08. The molecule has 5 heteroatoms. The van der Waals surface area contributed by atoms with Crippen molar-refractivity contribution in [3.05, 3.63) is 57.5 Å². The van der Waals surface area contributed by atoms with E-state index < -0.39 is 0 Å². The maximum atomic E-state index is 12.8. The third-order valence-corrected chi connectivity index (χ3v) is 4.24. The summed E-state index contributed by atoms with van der Waals surface area (Å²) in [5.74, 6) is 0.685. The van der Waals surface area contributed by atoms with Gasteiger partial charge in [-0.2, -0.15) is 0 Å². The Morgan fingerprint density at radius 3 is 2.86 bits per heavy atom. The van der Waals surface area contributed by atoms with Crippen molar-refractivity contribution in [2.75, 3.05) is 18.1 Å². The lowest BCUT2D eigenvalue weighted by atomic mass is 10.1. The van der Waals surface area contributed by atoms with E-state index in [0.29, 0.717) is 28.2 Å². The van der Waals surface area contributed by atoms with Gasteiger partial charge in [0.2, 0.25) is 0 Å². The Balaban J connectivity index is 2.01. The first kappa shape index (κ1) is 14.4. The number of hydrogen-bond donors (Lipinski definition) is 0. The molecule has 0 saturated carbocycles. The SMILES string of the molecule is O=C(c1ccc(Cl)cc1Br)N1CCCOc2ccccc21. The van der Waals surface area contributed by atoms with Crippen LogP contribution in [-0.2, 0) is 0 Å². The summed E-state index contributed by atoms with van der Waals surface area (Å²) in [4.78, 5) is 14.6. The molecule has 0 aliphatic carbocycles. The highest BCUT2D eigenvalue weighted by molar-refractivity contribution is 9.10. The van der Waals surface area contributed by atoms with Gasteiger partial charge in [0.15, 0.2) is 0 Å². The zero-order valence-corrected chi connectivity index (χ0v) is 13.5. The Labute approximate surface area is 136 Å². The van der Waals surface area contributed by atoms with Crippen LogP contribution in [0.5, 0.6) is 5.75 Å². The van der Waals surface area contributed by atoms with Crippen molar-refractivity contribution in [2.24, 2.45) is 0 Å². The second-order valence-electron chi connectivity index (χ2n) is 4.75. The molecule has 0 unspecified atom stereocenters. The van der Waals surface area contributed by atoms with Gasteiger partial charge in [0.1, 0.15) is 5.75 Å². The number of carbonyl (C=O) groups excluding carboxylic acids is 1. The minimum absolute atomic E-state index is 0.0588. The smallest absolute Gasteiger partial charge is 0.259 e. The Morgan fingerprint density at radius 1 is 1.24 bits per heavy atom. The predicted molar refractivity (Wildman–Crippen MR) is 87.4 cm³/mol. The van der Waals surface area contributed by atoms with Gasteiger partial charge in [-0.3, -0.25) is 4.79 Å². The highest BCUT2D eigenvalue weighted by Crippen LogP contribution is 2.33. The van der Waals surface area contributed by atoms with E-state index in [2.05, 4.69) is 15.9 Å². The van der Waals surface area contributed by atoms with E-state index in [1.807, 2.05) is 24.3 Å². The maximum Gasteiger partial charge on any atom is 0.259 e. The van der Waals surface area contributed by atoms with Crippen LogP contribution < -0.4 is 9.64 Å². The molecule has 108 valence electrons. The summed E-state index contributed by atoms with van der Waals surface area (Å²) in [5.41, 5.74) is 1.40. The van der Waals surface area contributed by atoms with E-state index >= 15 is 0 Å². The number of benzene rings is 2. The fraction of sp³-hybridized carbons (Fsp3) is 0.188. The fourth-order valence-electron chi connectivity index (χ4n) is 2.35. The number of nitrogens with zero attached hydrogens (tertiary/aromatic N) is 1. The maximum absolute atomic E-state index is 12.8. The molecule has 0 fully saturated rings. The Morgan fingerprint density at radius 2 is 2.05 bits per heavy atom. The highest BCUT2D eigenvalue weighted by atomic mass is 79.9. The first-order valence-electron chi connectivity index (χ1n) is 6.65. The van der Waals surface area contributed by atoms with Gasteiger partial charge in [-0.1, -0.05) is 23.7 Å². The Bertz CT molecular complexity index is 690. The summed E-state index contributed by atoms with van der Waals surface area (Å²) in [5, 5.41) is 0.595. The number of hydrogen-bond acceptors (Lipinski definition) is 2. The van der Waals surface area contributed by atoms with Gasteiger partial charge in [-0.25, -0.2) is 0 Å². The average molecular weight is 367 g/mol. The number of halogens is 2. The zero-order valence-electron chi connectivity index (χ0n) is 11.2. The molecule has 3 nitrogen and oxygen atoms in total. The molecule has 1 amide bonds. The van der Waals surface area contributed by atoms with Crippen molar-refractivity contribution < 1.29 is 9.53 Å². The van der Waals surface area contributed by atoms with Gasteiger partial charge in [-0.15, -0.1) is 0 Å². The minimum Gasteiger partial charge on any atom is -0.491 e. The lowest BCUT2D eigenvalue weighted by molar-refractivity contribution is 0.0986. The standard InChI is InChI=1S/C16H13BrClNO2/c17-13-10-11(18)6-7-12(13)16(20)19-8-3-9-21-15-5-2-1-4-14(15)19/h1-2,4-7,10H,3,8-9H2. The van der Waals surface area contributed by atoms with Crippen LogP contribution in [0.25, 0.3) is 0 Å². The first-order valence-corrected chi connectivity index (χ1v) is 7.82. The molecule has 0 aromatic heterocycles. The van der Waals surface area contributed by atoms with Crippen LogP contribution in [0.4, 0.5) is 5.69 Å². The number of ether oxygens (including phenoxy) is 1. The van der Waals surface area contributed by atoms with E-state index in [0.717, 1.165) is 17.9 Å². The summed E-state index contributed by atoms with van der Waals surface area (Å²) in [6.07, 6.45) is 0.797. The molecular formula is C16H13BrClNO2. The molecule has 0 atom stereocenters. The molecule has 0 radical (unpaired) electrons.